The van der Waals surface area contributed by atoms with Crippen molar-refractivity contribution in [2.75, 3.05) is 18.8 Å². The molecule has 2 atom stereocenters. The zero-order valence-electron chi connectivity index (χ0n) is 11.1. The molecule has 1 fully saturated rings. The van der Waals surface area contributed by atoms with Crippen LogP contribution in [0.3, 0.4) is 0 Å². The van der Waals surface area contributed by atoms with Crippen LogP contribution in [0, 0.1) is 5.92 Å². The second kappa shape index (κ2) is 6.73. The quantitative estimate of drug-likeness (QED) is 0.452. The van der Waals surface area contributed by atoms with E-state index in [9.17, 15) is 0 Å². The van der Waals surface area contributed by atoms with E-state index in [2.05, 4.69) is 29.2 Å². The molecule has 0 spiro atoms. The number of nitrogen functional groups attached to an aromatic ring is 1. The molecule has 0 aliphatic carbocycles. The number of hydrogen-bond donors (Lipinski definition) is 4. The largest absolute Gasteiger partial charge is 0.398 e. The van der Waals surface area contributed by atoms with Gasteiger partial charge in [-0.3, -0.25) is 10.9 Å². The maximum absolute atomic E-state index is 5.90. The summed E-state index contributed by atoms with van der Waals surface area (Å²) >= 11 is 0. The Morgan fingerprint density at radius 3 is 2.94 bits per heavy atom. The second-order valence-electron chi connectivity index (χ2n) is 5.09. The van der Waals surface area contributed by atoms with Crippen molar-refractivity contribution < 1.29 is 0 Å². The van der Waals surface area contributed by atoms with Crippen LogP contribution in [0.25, 0.3) is 0 Å². The van der Waals surface area contributed by atoms with Crippen LogP contribution in [-0.4, -0.2) is 19.1 Å². The molecule has 1 saturated heterocycles. The third-order valence-corrected chi connectivity index (χ3v) is 3.70. The molecular weight excluding hydrogens is 224 g/mol. The third kappa shape index (κ3) is 3.70. The first-order valence-corrected chi connectivity index (χ1v) is 6.80. The summed E-state index contributed by atoms with van der Waals surface area (Å²) in [6.45, 7) is 5.25. The lowest BCUT2D eigenvalue weighted by atomic mass is 9.98. The first-order chi connectivity index (χ1) is 8.77. The first-order valence-electron chi connectivity index (χ1n) is 6.80. The summed E-state index contributed by atoms with van der Waals surface area (Å²) in [7, 11) is 0. The van der Waals surface area contributed by atoms with Gasteiger partial charge in [-0.25, -0.2) is 0 Å². The van der Waals surface area contributed by atoms with Gasteiger partial charge < -0.3 is 11.1 Å². The predicted molar refractivity (Wildman–Crippen MR) is 75.9 cm³/mol. The number of hydrogen-bond acceptors (Lipinski definition) is 4. The molecule has 0 radical (unpaired) electrons. The Kier molecular flexibility index (Phi) is 4.99. The maximum atomic E-state index is 5.90. The molecule has 1 aliphatic heterocycles. The lowest BCUT2D eigenvalue weighted by molar-refractivity contribution is 0.439. The summed E-state index contributed by atoms with van der Waals surface area (Å²) in [6.07, 6.45) is 2.48. The average molecular weight is 248 g/mol. The zero-order chi connectivity index (χ0) is 12.8. The van der Waals surface area contributed by atoms with Gasteiger partial charge in [-0.15, -0.1) is 0 Å². The Bertz CT molecular complexity index is 367. The Morgan fingerprint density at radius 1 is 1.39 bits per heavy atom. The van der Waals surface area contributed by atoms with Crippen LogP contribution in [0.15, 0.2) is 24.3 Å². The fraction of sp³-hybridized carbons (Fsp3) is 0.571. The lowest BCUT2D eigenvalue weighted by Crippen LogP contribution is -2.28. The molecule has 1 aliphatic rings. The monoisotopic (exact) mass is 248 g/mol. The van der Waals surface area contributed by atoms with Crippen LogP contribution in [0.1, 0.15) is 25.3 Å². The van der Waals surface area contributed by atoms with E-state index in [1.807, 2.05) is 18.2 Å². The van der Waals surface area contributed by atoms with Crippen LogP contribution >= 0.6 is 0 Å². The molecule has 4 nitrogen and oxygen atoms in total. The van der Waals surface area contributed by atoms with Crippen LogP contribution < -0.4 is 21.9 Å². The van der Waals surface area contributed by atoms with Crippen LogP contribution in [-0.2, 0) is 6.54 Å². The van der Waals surface area contributed by atoms with Crippen LogP contribution in [0.5, 0.6) is 0 Å². The highest BCUT2D eigenvalue weighted by atomic mass is 15.4. The van der Waals surface area contributed by atoms with E-state index in [0.717, 1.165) is 31.2 Å². The minimum atomic E-state index is 0.592. The molecule has 2 rings (SSSR count). The summed E-state index contributed by atoms with van der Waals surface area (Å²) in [4.78, 5) is 0. The summed E-state index contributed by atoms with van der Waals surface area (Å²) < 4.78 is 0. The number of para-hydroxylation sites is 1. The van der Waals surface area contributed by atoms with Crippen molar-refractivity contribution in [2.24, 2.45) is 5.92 Å². The van der Waals surface area contributed by atoms with Crippen LogP contribution in [0.4, 0.5) is 5.69 Å². The van der Waals surface area contributed by atoms with Gasteiger partial charge in [0.15, 0.2) is 0 Å². The normalized spacial score (nSPS) is 23.4. The van der Waals surface area contributed by atoms with Gasteiger partial charge >= 0.3 is 0 Å². The van der Waals surface area contributed by atoms with Crippen LogP contribution in [0.2, 0.25) is 0 Å². The molecule has 4 heteroatoms. The molecule has 1 heterocycles. The van der Waals surface area contributed by atoms with Gasteiger partial charge in [0.25, 0.3) is 0 Å². The zero-order valence-corrected chi connectivity index (χ0v) is 11.1. The van der Waals surface area contributed by atoms with E-state index < -0.39 is 0 Å². The molecule has 18 heavy (non-hydrogen) atoms. The molecule has 0 bridgehead atoms. The highest BCUT2D eigenvalue weighted by Crippen LogP contribution is 2.14. The molecule has 2 unspecified atom stereocenters. The number of anilines is 1. The van der Waals surface area contributed by atoms with E-state index in [-0.39, 0.29) is 0 Å². The molecule has 0 amide bonds. The van der Waals surface area contributed by atoms with E-state index >= 15 is 0 Å². The molecule has 0 saturated carbocycles. The Hall–Kier alpha value is -1.10. The van der Waals surface area contributed by atoms with Gasteiger partial charge in [-0.05, 0) is 43.9 Å². The van der Waals surface area contributed by atoms with E-state index in [4.69, 9.17) is 5.73 Å². The second-order valence-corrected chi connectivity index (χ2v) is 5.09. The summed E-state index contributed by atoms with van der Waals surface area (Å²) in [5, 5.41) is 3.46. The van der Waals surface area contributed by atoms with Gasteiger partial charge in [0.05, 0.1) is 0 Å². The van der Waals surface area contributed by atoms with Gasteiger partial charge in [-0.1, -0.05) is 18.2 Å². The molecule has 1 aromatic rings. The average Bonchev–Trinajstić information content (AvgIpc) is 2.77. The maximum Gasteiger partial charge on any atom is 0.0359 e. The van der Waals surface area contributed by atoms with Crippen molar-refractivity contribution in [3.63, 3.8) is 0 Å². The van der Waals surface area contributed by atoms with Gasteiger partial charge in [0.2, 0.25) is 0 Å². The van der Waals surface area contributed by atoms with Crippen molar-refractivity contribution in [3.8, 4) is 0 Å². The van der Waals surface area contributed by atoms with Gasteiger partial charge in [0.1, 0.15) is 0 Å². The highest BCUT2D eigenvalue weighted by molar-refractivity contribution is 5.46. The summed E-state index contributed by atoms with van der Waals surface area (Å²) in [6, 6.07) is 8.63. The Labute approximate surface area is 109 Å². The lowest BCUT2D eigenvalue weighted by Gasteiger charge is -2.13. The number of rotatable bonds is 6. The molecule has 0 aromatic heterocycles. The van der Waals surface area contributed by atoms with E-state index in [0.29, 0.717) is 6.04 Å². The van der Waals surface area contributed by atoms with E-state index in [1.54, 1.807) is 0 Å². The highest BCUT2D eigenvalue weighted by Gasteiger charge is 2.21. The fourth-order valence-corrected chi connectivity index (χ4v) is 2.41. The number of hydrazine groups is 1. The van der Waals surface area contributed by atoms with E-state index in [1.165, 1.54) is 18.4 Å². The summed E-state index contributed by atoms with van der Waals surface area (Å²) in [5.74, 6) is 0.758. The summed E-state index contributed by atoms with van der Waals surface area (Å²) in [5.41, 5.74) is 14.4. The smallest absolute Gasteiger partial charge is 0.0359 e. The Morgan fingerprint density at radius 2 is 2.22 bits per heavy atom. The number of benzene rings is 1. The van der Waals surface area contributed by atoms with Crippen molar-refractivity contribution >= 4 is 5.69 Å². The first kappa shape index (κ1) is 13.3. The third-order valence-electron chi connectivity index (χ3n) is 3.70. The minimum Gasteiger partial charge on any atom is -0.398 e. The van der Waals surface area contributed by atoms with Crippen molar-refractivity contribution in [1.29, 1.82) is 0 Å². The predicted octanol–water partition coefficient (Wildman–Crippen LogP) is 1.25. The topological polar surface area (TPSA) is 62.1 Å². The SMILES string of the molecule is CC1NNCC1CCCNCc1ccccc1N. The number of nitrogens with two attached hydrogens (primary N) is 1. The van der Waals surface area contributed by atoms with Crippen molar-refractivity contribution in [1.82, 2.24) is 16.2 Å². The number of nitrogens with one attached hydrogen (secondary N) is 3. The Balaban J connectivity index is 1.60. The fourth-order valence-electron chi connectivity index (χ4n) is 2.41. The molecule has 5 N–H and O–H groups in total. The van der Waals surface area contributed by atoms with Gasteiger partial charge in [0, 0.05) is 24.8 Å². The van der Waals surface area contributed by atoms with Crippen molar-refractivity contribution in [2.45, 2.75) is 32.4 Å². The standard InChI is InChI=1S/C14H24N4/c1-11-12(10-17-18-11)6-4-8-16-9-13-5-2-3-7-14(13)15/h2-3,5,7,11-12,16-18H,4,6,8-10,15H2,1H3. The molecular formula is C14H24N4. The molecule has 1 aromatic carbocycles. The minimum absolute atomic E-state index is 0.592. The van der Waals surface area contributed by atoms with Crippen molar-refractivity contribution in [3.05, 3.63) is 29.8 Å². The molecule has 100 valence electrons. The van der Waals surface area contributed by atoms with Gasteiger partial charge in [-0.2, -0.15) is 0 Å².